The fraction of sp³-hybridized carbons (Fsp3) is 0. The molecule has 0 atom stereocenters. The summed E-state index contributed by atoms with van der Waals surface area (Å²) in [5.74, 6) is 6.11. The molecule has 0 spiro atoms. The average molecular weight is 889 g/mol. The molecular weight excluding hydrogens is 889 g/mol. The molecule has 0 radical (unpaired) electrons. The number of rotatable bonds is 12. The van der Waals surface area contributed by atoms with E-state index in [0.29, 0.717) is 0 Å². The van der Waals surface area contributed by atoms with Crippen LogP contribution in [0, 0.1) is 67.4 Å². The number of nitriles is 6. The van der Waals surface area contributed by atoms with Crippen LogP contribution in [0.4, 0.5) is 0 Å². The van der Waals surface area contributed by atoms with Gasteiger partial charge in [0.15, 0.2) is 0 Å². The van der Waals surface area contributed by atoms with E-state index in [1.807, 2.05) is 0 Å². The van der Waals surface area contributed by atoms with E-state index in [2.05, 4.69) is 27.4 Å². The Labute approximate surface area is 472 Å². The largest absolute Gasteiger partial charge is 2.00 e. The third-order valence-electron chi connectivity index (χ3n) is 2.04. The van der Waals surface area contributed by atoms with Gasteiger partial charge in [-0.3, -0.25) is 0 Å². The van der Waals surface area contributed by atoms with E-state index in [-0.39, 0.29) is 207 Å². The molecule has 0 bridgehead atoms. The van der Waals surface area contributed by atoms with Crippen LogP contribution >= 0.6 is 0 Å². The Hall–Kier alpha value is 3.66. The molecule has 57 heavy (non-hydrogen) atoms. The molecule has 0 heterocycles. The Kier molecular flexibility index (Phi) is 140. The summed E-state index contributed by atoms with van der Waals surface area (Å²) in [6.07, 6.45) is 0. The second-order valence-corrected chi connectivity index (χ2v) is 5.31. The van der Waals surface area contributed by atoms with Gasteiger partial charge in [-0.15, -0.1) is 0 Å². The smallest absolute Gasteiger partial charge is 0.872 e. The molecule has 0 aliphatic carbocycles. The molecule has 51 heteroatoms. The molecule has 0 unspecified atom stereocenters. The van der Waals surface area contributed by atoms with Crippen molar-refractivity contribution in [1.29, 1.82) is 31.6 Å². The summed E-state index contributed by atoms with van der Waals surface area (Å²) < 4.78 is 20.2. The third kappa shape index (κ3) is 126. The molecule has 252 valence electrons. The first-order valence-corrected chi connectivity index (χ1v) is 10.1. The van der Waals surface area contributed by atoms with E-state index in [1.54, 1.807) is 0 Å². The molecule has 0 aromatic rings. The zero-order chi connectivity index (χ0) is 39.4. The molecule has 0 saturated carbocycles. The molecule has 0 aromatic heterocycles. The van der Waals surface area contributed by atoms with Crippen molar-refractivity contribution in [1.82, 2.24) is 0 Å². The van der Waals surface area contributed by atoms with E-state index in [9.17, 15) is 90.4 Å². The molecule has 0 N–H and O–H groups in total. The number of hydrogen-bond acceptors (Lipinski definition) is 30. The molecule has 0 aromatic carbocycles. The maximum absolute atomic E-state index is 9.72. The summed E-state index contributed by atoms with van der Waals surface area (Å²) in [5.41, 5.74) is 0. The number of hydrogen-bond donors (Lipinski definition) is 0. The van der Waals surface area contributed by atoms with Crippen molar-refractivity contribution in [3.63, 3.8) is 0 Å². The normalized spacial score (nSPS) is 6.53. The van der Waals surface area contributed by atoms with Crippen molar-refractivity contribution in [3.8, 4) is 35.8 Å². The summed E-state index contributed by atoms with van der Waals surface area (Å²) >= 11 is 0. The van der Waals surface area contributed by atoms with Crippen molar-refractivity contribution in [2.24, 2.45) is 0 Å². The first-order chi connectivity index (χ1) is 22.0. The van der Waals surface area contributed by atoms with Crippen LogP contribution in [0.15, 0.2) is 0 Å². The van der Waals surface area contributed by atoms with Crippen LogP contribution in [0.1, 0.15) is 0 Å². The number of nitrogens with zero attached hydrogens (tertiary/aromatic N) is 6. The Balaban J connectivity index is -0.0000000277. The van der Waals surface area contributed by atoms with Crippen LogP contribution < -0.4 is 90.4 Å². The standard InChI is InChI=1S/6CB2NO4.9Mg/c6*4-1-2(5)8-3(6)7;;;;;;;;;/q6*-3;9*+2. The molecule has 0 saturated heterocycles. The minimum Gasteiger partial charge on any atom is -0.872 e. The van der Waals surface area contributed by atoms with Gasteiger partial charge in [0.25, 0.3) is 42.7 Å². The van der Waals surface area contributed by atoms with Gasteiger partial charge in [0, 0.05) is 79.7 Å². The second-order valence-electron chi connectivity index (χ2n) is 5.31. The monoisotopic (exact) mass is 888 g/mol. The van der Waals surface area contributed by atoms with E-state index in [0.717, 1.165) is 35.8 Å². The van der Waals surface area contributed by atoms with Gasteiger partial charge in [0.1, 0.15) is 0 Å². The van der Waals surface area contributed by atoms with Gasteiger partial charge in [-0.25, -0.2) is 31.6 Å². The van der Waals surface area contributed by atoms with Crippen LogP contribution in [-0.4, -0.2) is 294 Å². The quantitative estimate of drug-likeness (QED) is 0.164. The fourth-order valence-corrected chi connectivity index (χ4v) is 0.788. The summed E-state index contributed by atoms with van der Waals surface area (Å²) in [5, 5.41) is 216. The molecule has 0 amide bonds. The Morgan fingerprint density at radius 3 is 0.298 bits per heavy atom. The van der Waals surface area contributed by atoms with Crippen LogP contribution in [0.5, 0.6) is 0 Å². The van der Waals surface area contributed by atoms with E-state index >= 15 is 0 Å². The van der Waals surface area contributed by atoms with Crippen LogP contribution in [-0.2, 0) is 27.4 Å². The maximum atomic E-state index is 9.72. The second kappa shape index (κ2) is 76.9. The van der Waals surface area contributed by atoms with E-state index < -0.39 is 86.6 Å². The van der Waals surface area contributed by atoms with Crippen molar-refractivity contribution in [3.05, 3.63) is 0 Å². The predicted molar refractivity (Wildman–Crippen MR) is 161 cm³/mol. The van der Waals surface area contributed by atoms with Crippen molar-refractivity contribution in [2.75, 3.05) is 0 Å². The predicted octanol–water partition coefficient (Wildman–Crippen LogP) is -29.7. The third-order valence-corrected chi connectivity index (χ3v) is 2.04. The van der Waals surface area contributed by atoms with Gasteiger partial charge >= 0.3 is 207 Å². The van der Waals surface area contributed by atoms with Crippen molar-refractivity contribution < 1.29 is 118 Å². The van der Waals surface area contributed by atoms with Crippen LogP contribution in [0.25, 0.3) is 0 Å². The molecular formula is C6B12Mg9N6O24. The van der Waals surface area contributed by atoms with Gasteiger partial charge in [-0.05, 0) is 0 Å². The molecule has 30 nitrogen and oxygen atoms in total. The topological polar surface area (TPSA) is 613 Å². The van der Waals surface area contributed by atoms with Crippen molar-refractivity contribution >= 4 is 294 Å². The van der Waals surface area contributed by atoms with Crippen molar-refractivity contribution in [2.45, 2.75) is 0 Å². The summed E-state index contributed by atoms with van der Waals surface area (Å²) in [6, 6.07) is 0. The fourth-order valence-electron chi connectivity index (χ4n) is 0.788. The van der Waals surface area contributed by atoms with Gasteiger partial charge in [-0.1, -0.05) is 0 Å². The SMILES string of the molecule is N#CB([O-])OB([O-])[O-].N#CB([O-])OB([O-])[O-].N#CB([O-])OB([O-])[O-].N#CB([O-])OB([O-])[O-].N#CB([O-])OB([O-])[O-].N#CB([O-])OB([O-])[O-].[Mg+2].[Mg+2].[Mg+2].[Mg+2].[Mg+2].[Mg+2].[Mg+2].[Mg+2].[Mg+2]. The van der Waals surface area contributed by atoms with Gasteiger partial charge in [-0.2, -0.15) is 0 Å². The van der Waals surface area contributed by atoms with Crippen LogP contribution in [0.3, 0.4) is 0 Å². The van der Waals surface area contributed by atoms with Gasteiger partial charge in [0.05, 0.1) is 0 Å². The minimum atomic E-state index is -2.66. The molecule has 0 aliphatic rings. The van der Waals surface area contributed by atoms with Gasteiger partial charge < -0.3 is 118 Å². The van der Waals surface area contributed by atoms with Crippen LogP contribution in [0.2, 0.25) is 0 Å². The zero-order valence-corrected chi connectivity index (χ0v) is 41.5. The van der Waals surface area contributed by atoms with E-state index in [1.165, 1.54) is 0 Å². The summed E-state index contributed by atoms with van der Waals surface area (Å²) in [7, 11) is -28.8. The summed E-state index contributed by atoms with van der Waals surface area (Å²) in [4.78, 5) is 0. The summed E-state index contributed by atoms with van der Waals surface area (Å²) in [6.45, 7) is 0. The zero-order valence-electron chi connectivity index (χ0n) is 28.8. The van der Waals surface area contributed by atoms with E-state index in [4.69, 9.17) is 31.6 Å². The maximum Gasteiger partial charge on any atom is 2.00 e. The minimum absolute atomic E-state index is 0. The first-order valence-electron chi connectivity index (χ1n) is 10.1. The average Bonchev–Trinajstić information content (AvgIpc) is 2.96. The van der Waals surface area contributed by atoms with Gasteiger partial charge in [0.2, 0.25) is 0 Å². The molecule has 0 fully saturated rings. The molecule has 0 aliphatic heterocycles. The Bertz CT molecular complexity index is 830. The molecule has 0 rings (SSSR count). The Morgan fingerprint density at radius 1 is 0.211 bits per heavy atom. The first kappa shape index (κ1) is 104. The Morgan fingerprint density at radius 2 is 0.281 bits per heavy atom.